The molecule has 0 radical (unpaired) electrons. The Morgan fingerprint density at radius 1 is 1.19 bits per heavy atom. The van der Waals surface area contributed by atoms with E-state index < -0.39 is 11.6 Å². The highest BCUT2D eigenvalue weighted by molar-refractivity contribution is 6.11. The normalized spacial score (nSPS) is 23.8. The van der Waals surface area contributed by atoms with Gasteiger partial charge in [0.2, 0.25) is 5.91 Å². The standard InChI is InChI=1S/C19H21N3O4/c1-11-13-9-12(5-6-14(13)20-16(11)24)15(23)10-22-17(25)19(21-18(22)26)7-3-2-4-8-19/h5-6,9,11H,2-4,7-8,10H2,1H3,(H,20,24)(H,21,26)/t11-/m1/s1. The molecule has 2 aliphatic heterocycles. The molecule has 1 aromatic carbocycles. The van der Waals surface area contributed by atoms with Gasteiger partial charge in [0.15, 0.2) is 5.78 Å². The van der Waals surface area contributed by atoms with Crippen molar-refractivity contribution in [1.82, 2.24) is 10.2 Å². The van der Waals surface area contributed by atoms with E-state index in [1.54, 1.807) is 25.1 Å². The van der Waals surface area contributed by atoms with Crippen LogP contribution in [0.15, 0.2) is 18.2 Å². The summed E-state index contributed by atoms with van der Waals surface area (Å²) in [5.41, 5.74) is 1.05. The van der Waals surface area contributed by atoms with Crippen LogP contribution in [0, 0.1) is 0 Å². The number of amides is 4. The highest BCUT2D eigenvalue weighted by Crippen LogP contribution is 2.35. The van der Waals surface area contributed by atoms with Crippen LogP contribution in [0.2, 0.25) is 0 Å². The predicted octanol–water partition coefficient (Wildman–Crippen LogP) is 2.18. The van der Waals surface area contributed by atoms with Crippen molar-refractivity contribution in [2.24, 2.45) is 0 Å². The number of rotatable bonds is 3. The largest absolute Gasteiger partial charge is 0.325 e. The van der Waals surface area contributed by atoms with E-state index in [0.717, 1.165) is 29.7 Å². The number of carbonyl (C=O) groups is 4. The summed E-state index contributed by atoms with van der Waals surface area (Å²) in [4.78, 5) is 50.5. The minimum Gasteiger partial charge on any atom is -0.325 e. The molecule has 1 aliphatic carbocycles. The maximum absolute atomic E-state index is 12.8. The zero-order chi connectivity index (χ0) is 18.5. The first-order valence-electron chi connectivity index (χ1n) is 9.03. The van der Waals surface area contributed by atoms with Crippen molar-refractivity contribution in [1.29, 1.82) is 0 Å². The molecule has 1 aromatic rings. The van der Waals surface area contributed by atoms with Gasteiger partial charge in [-0.2, -0.15) is 0 Å². The highest BCUT2D eigenvalue weighted by Gasteiger charge is 2.51. The molecule has 0 bridgehead atoms. The molecule has 2 N–H and O–H groups in total. The fraction of sp³-hybridized carbons (Fsp3) is 0.474. The molecule has 4 amide bonds. The van der Waals surface area contributed by atoms with E-state index in [4.69, 9.17) is 0 Å². The van der Waals surface area contributed by atoms with E-state index in [9.17, 15) is 19.2 Å². The van der Waals surface area contributed by atoms with Crippen molar-refractivity contribution in [3.63, 3.8) is 0 Å². The molecule has 0 aromatic heterocycles. The molecule has 136 valence electrons. The van der Waals surface area contributed by atoms with Gasteiger partial charge in [-0.25, -0.2) is 4.79 Å². The molecule has 7 heteroatoms. The molecular formula is C19H21N3O4. The lowest BCUT2D eigenvalue weighted by molar-refractivity contribution is -0.132. The quantitative estimate of drug-likeness (QED) is 0.642. The number of hydrogen-bond donors (Lipinski definition) is 2. The van der Waals surface area contributed by atoms with Crippen LogP contribution in [-0.2, 0) is 9.59 Å². The van der Waals surface area contributed by atoms with Gasteiger partial charge in [-0.15, -0.1) is 0 Å². The molecule has 1 spiro atoms. The smallest absolute Gasteiger partial charge is 0.325 e. The van der Waals surface area contributed by atoms with Gasteiger partial charge in [0, 0.05) is 11.3 Å². The number of nitrogens with zero attached hydrogens (tertiary/aromatic N) is 1. The van der Waals surface area contributed by atoms with E-state index in [1.165, 1.54) is 0 Å². The summed E-state index contributed by atoms with van der Waals surface area (Å²) in [5, 5.41) is 5.57. The zero-order valence-corrected chi connectivity index (χ0v) is 14.6. The van der Waals surface area contributed by atoms with Crippen LogP contribution < -0.4 is 10.6 Å². The molecule has 4 rings (SSSR count). The third kappa shape index (κ3) is 2.50. The minimum absolute atomic E-state index is 0.0991. The Labute approximate surface area is 151 Å². The Morgan fingerprint density at radius 2 is 1.92 bits per heavy atom. The lowest BCUT2D eigenvalue weighted by atomic mass is 9.82. The van der Waals surface area contributed by atoms with E-state index in [0.29, 0.717) is 24.1 Å². The van der Waals surface area contributed by atoms with Crippen molar-refractivity contribution in [2.75, 3.05) is 11.9 Å². The van der Waals surface area contributed by atoms with E-state index in [-0.39, 0.29) is 30.1 Å². The molecule has 26 heavy (non-hydrogen) atoms. The Hall–Kier alpha value is -2.70. The fourth-order valence-corrected chi connectivity index (χ4v) is 4.14. The maximum atomic E-state index is 12.8. The van der Waals surface area contributed by atoms with Gasteiger partial charge in [-0.3, -0.25) is 19.3 Å². The van der Waals surface area contributed by atoms with Crippen molar-refractivity contribution in [3.8, 4) is 0 Å². The van der Waals surface area contributed by atoms with Gasteiger partial charge < -0.3 is 10.6 Å². The number of benzene rings is 1. The molecular weight excluding hydrogens is 334 g/mol. The van der Waals surface area contributed by atoms with Crippen molar-refractivity contribution in [2.45, 2.75) is 50.5 Å². The second kappa shape index (κ2) is 5.93. The second-order valence-corrected chi connectivity index (χ2v) is 7.40. The van der Waals surface area contributed by atoms with Crippen LogP contribution in [0.4, 0.5) is 10.5 Å². The monoisotopic (exact) mass is 355 g/mol. The van der Waals surface area contributed by atoms with Crippen LogP contribution in [0.1, 0.15) is 60.9 Å². The topological polar surface area (TPSA) is 95.6 Å². The maximum Gasteiger partial charge on any atom is 0.325 e. The number of fused-ring (bicyclic) bond motifs is 1. The molecule has 1 saturated heterocycles. The van der Waals surface area contributed by atoms with Gasteiger partial charge in [0.05, 0.1) is 12.5 Å². The van der Waals surface area contributed by atoms with Crippen molar-refractivity contribution in [3.05, 3.63) is 29.3 Å². The van der Waals surface area contributed by atoms with Gasteiger partial charge >= 0.3 is 6.03 Å². The summed E-state index contributed by atoms with van der Waals surface area (Å²) in [6.45, 7) is 1.50. The Balaban J connectivity index is 1.53. The molecule has 3 aliphatic rings. The number of imide groups is 1. The first-order chi connectivity index (χ1) is 12.4. The van der Waals surface area contributed by atoms with E-state index in [2.05, 4.69) is 10.6 Å². The molecule has 0 unspecified atom stereocenters. The average Bonchev–Trinajstić information content (AvgIpc) is 3.04. The number of carbonyl (C=O) groups excluding carboxylic acids is 4. The van der Waals surface area contributed by atoms with Crippen LogP contribution in [0.5, 0.6) is 0 Å². The Bertz CT molecular complexity index is 826. The van der Waals surface area contributed by atoms with Crippen LogP contribution in [0.3, 0.4) is 0 Å². The SMILES string of the molecule is C[C@H]1C(=O)Nc2ccc(C(=O)CN3C(=O)NC4(CCCCC4)C3=O)cc21. The van der Waals surface area contributed by atoms with Gasteiger partial charge in [0.1, 0.15) is 5.54 Å². The first kappa shape index (κ1) is 16.8. The van der Waals surface area contributed by atoms with E-state index in [1.807, 2.05) is 0 Å². The summed E-state index contributed by atoms with van der Waals surface area (Å²) in [5.74, 6) is -1.02. The van der Waals surface area contributed by atoms with Crippen molar-refractivity contribution < 1.29 is 19.2 Å². The predicted molar refractivity (Wildman–Crippen MR) is 93.9 cm³/mol. The average molecular weight is 355 g/mol. The van der Waals surface area contributed by atoms with Crippen LogP contribution >= 0.6 is 0 Å². The number of Topliss-reactive ketones (excluding diaryl/α,β-unsaturated/α-hetero) is 1. The third-order valence-corrected chi connectivity index (χ3v) is 5.75. The molecule has 7 nitrogen and oxygen atoms in total. The third-order valence-electron chi connectivity index (χ3n) is 5.75. The summed E-state index contributed by atoms with van der Waals surface area (Å²) >= 11 is 0. The molecule has 1 atom stereocenters. The zero-order valence-electron chi connectivity index (χ0n) is 14.6. The van der Waals surface area contributed by atoms with Crippen molar-refractivity contribution >= 4 is 29.3 Å². The minimum atomic E-state index is -0.821. The summed E-state index contributed by atoms with van der Waals surface area (Å²) in [6, 6.07) is 4.50. The Kier molecular flexibility index (Phi) is 3.82. The summed E-state index contributed by atoms with van der Waals surface area (Å²) in [6.07, 6.45) is 4.12. The summed E-state index contributed by atoms with van der Waals surface area (Å²) < 4.78 is 0. The second-order valence-electron chi connectivity index (χ2n) is 7.40. The fourth-order valence-electron chi connectivity index (χ4n) is 4.14. The lowest BCUT2D eigenvalue weighted by Gasteiger charge is -2.30. The lowest BCUT2D eigenvalue weighted by Crippen LogP contribution is -2.48. The highest BCUT2D eigenvalue weighted by atomic mass is 16.2. The number of ketones is 1. The van der Waals surface area contributed by atoms with Gasteiger partial charge in [0.25, 0.3) is 5.91 Å². The van der Waals surface area contributed by atoms with Crippen LogP contribution in [-0.4, -0.2) is 40.6 Å². The number of hydrogen-bond acceptors (Lipinski definition) is 4. The molecule has 2 fully saturated rings. The van der Waals surface area contributed by atoms with Crippen LogP contribution in [0.25, 0.3) is 0 Å². The van der Waals surface area contributed by atoms with Gasteiger partial charge in [-0.1, -0.05) is 19.3 Å². The molecule has 2 heterocycles. The number of urea groups is 1. The summed E-state index contributed by atoms with van der Waals surface area (Å²) in [7, 11) is 0. The molecule has 1 saturated carbocycles. The number of anilines is 1. The first-order valence-corrected chi connectivity index (χ1v) is 9.03. The van der Waals surface area contributed by atoms with E-state index >= 15 is 0 Å². The number of nitrogens with one attached hydrogen (secondary N) is 2. The Morgan fingerprint density at radius 3 is 2.65 bits per heavy atom. The van der Waals surface area contributed by atoms with Gasteiger partial charge in [-0.05, 0) is 43.5 Å².